The lowest BCUT2D eigenvalue weighted by atomic mass is 9.97. The van der Waals surface area contributed by atoms with Crippen molar-refractivity contribution in [3.05, 3.63) is 0 Å². The Balaban J connectivity index is 2.39. The van der Waals surface area contributed by atoms with E-state index in [9.17, 15) is 5.11 Å². The van der Waals surface area contributed by atoms with Gasteiger partial charge in [0.25, 0.3) is 0 Å². The minimum absolute atomic E-state index is 0.449. The minimum Gasteiger partial charge on any atom is -0.389 e. The van der Waals surface area contributed by atoms with Crippen molar-refractivity contribution in [1.82, 2.24) is 4.90 Å². The molecule has 1 fully saturated rings. The number of hydrogen-bond acceptors (Lipinski definition) is 3. The van der Waals surface area contributed by atoms with Crippen molar-refractivity contribution in [2.75, 3.05) is 31.1 Å². The summed E-state index contributed by atoms with van der Waals surface area (Å²) in [6.07, 6.45) is 3.01. The summed E-state index contributed by atoms with van der Waals surface area (Å²) in [6.45, 7) is 7.33. The summed E-state index contributed by atoms with van der Waals surface area (Å²) in [5.74, 6) is 2.51. The van der Waals surface area contributed by atoms with Crippen LogP contribution in [0, 0.1) is 0 Å². The number of aliphatic hydroxyl groups is 1. The van der Waals surface area contributed by atoms with Crippen molar-refractivity contribution in [2.45, 2.75) is 38.7 Å². The van der Waals surface area contributed by atoms with E-state index in [2.05, 4.69) is 18.7 Å². The largest absolute Gasteiger partial charge is 0.389 e. The molecule has 1 heterocycles. The molecule has 1 N–H and O–H groups in total. The van der Waals surface area contributed by atoms with Crippen molar-refractivity contribution in [2.24, 2.45) is 0 Å². The predicted molar refractivity (Wildman–Crippen MR) is 63.9 cm³/mol. The fourth-order valence-corrected chi connectivity index (χ4v) is 2.77. The molecule has 0 saturated carbocycles. The third-order valence-electron chi connectivity index (χ3n) is 3.15. The first-order valence-electron chi connectivity index (χ1n) is 5.72. The van der Waals surface area contributed by atoms with E-state index in [1.165, 1.54) is 17.9 Å². The van der Waals surface area contributed by atoms with Crippen molar-refractivity contribution in [3.8, 4) is 0 Å². The highest BCUT2D eigenvalue weighted by Gasteiger charge is 2.25. The Bertz CT molecular complexity index is 151. The maximum Gasteiger partial charge on any atom is 0.0768 e. The van der Waals surface area contributed by atoms with Gasteiger partial charge in [0.05, 0.1) is 5.60 Å². The number of β-amino-alcohol motifs (C(OH)–C–C–N with tert-alkyl or cyclic N) is 1. The van der Waals surface area contributed by atoms with E-state index >= 15 is 0 Å². The predicted octanol–water partition coefficient (Wildman–Crippen LogP) is 1.98. The van der Waals surface area contributed by atoms with Crippen LogP contribution in [0.2, 0.25) is 0 Å². The summed E-state index contributed by atoms with van der Waals surface area (Å²) in [7, 11) is 0. The highest BCUT2D eigenvalue weighted by molar-refractivity contribution is 7.99. The lowest BCUT2D eigenvalue weighted by Crippen LogP contribution is -2.43. The Morgan fingerprint density at radius 2 is 1.93 bits per heavy atom. The monoisotopic (exact) mass is 217 g/mol. The fraction of sp³-hybridized carbons (Fsp3) is 1.00. The van der Waals surface area contributed by atoms with Crippen LogP contribution in [0.15, 0.2) is 0 Å². The fourth-order valence-electron chi connectivity index (χ4n) is 1.85. The van der Waals surface area contributed by atoms with Gasteiger partial charge in [-0.1, -0.05) is 13.8 Å². The smallest absolute Gasteiger partial charge is 0.0768 e. The van der Waals surface area contributed by atoms with Gasteiger partial charge in [0.1, 0.15) is 0 Å². The van der Waals surface area contributed by atoms with Crippen LogP contribution in [-0.2, 0) is 0 Å². The second-order valence-corrected chi connectivity index (χ2v) is 5.40. The molecule has 0 aromatic heterocycles. The van der Waals surface area contributed by atoms with Gasteiger partial charge in [0.2, 0.25) is 0 Å². The average Bonchev–Trinajstić information content (AvgIpc) is 2.46. The molecule has 0 aromatic carbocycles. The van der Waals surface area contributed by atoms with E-state index in [0.717, 1.165) is 32.5 Å². The molecule has 3 heteroatoms. The average molecular weight is 217 g/mol. The highest BCUT2D eigenvalue weighted by atomic mass is 32.2. The third-order valence-corrected chi connectivity index (χ3v) is 4.20. The molecule has 0 aliphatic carbocycles. The molecule has 1 aliphatic rings. The highest BCUT2D eigenvalue weighted by Crippen LogP contribution is 2.18. The maximum atomic E-state index is 10.2. The van der Waals surface area contributed by atoms with Gasteiger partial charge >= 0.3 is 0 Å². The van der Waals surface area contributed by atoms with Gasteiger partial charge in [-0.05, 0) is 31.6 Å². The van der Waals surface area contributed by atoms with E-state index in [0.29, 0.717) is 0 Å². The zero-order chi connectivity index (χ0) is 10.4. The van der Waals surface area contributed by atoms with Crippen LogP contribution in [0.4, 0.5) is 0 Å². The number of rotatable bonds is 4. The SMILES string of the molecule is CCC(O)(CC)CN1CCCSCC1. The van der Waals surface area contributed by atoms with Crippen molar-refractivity contribution < 1.29 is 5.11 Å². The number of nitrogens with zero attached hydrogens (tertiary/aromatic N) is 1. The molecule has 0 spiro atoms. The van der Waals surface area contributed by atoms with E-state index in [-0.39, 0.29) is 0 Å². The van der Waals surface area contributed by atoms with Crippen LogP contribution >= 0.6 is 11.8 Å². The first kappa shape index (κ1) is 12.3. The summed E-state index contributed by atoms with van der Waals surface area (Å²) in [5, 5.41) is 10.2. The van der Waals surface area contributed by atoms with Crippen molar-refractivity contribution in [3.63, 3.8) is 0 Å². The summed E-state index contributed by atoms with van der Waals surface area (Å²) >= 11 is 2.04. The zero-order valence-electron chi connectivity index (χ0n) is 9.46. The molecule has 0 radical (unpaired) electrons. The zero-order valence-corrected chi connectivity index (χ0v) is 10.3. The second-order valence-electron chi connectivity index (χ2n) is 4.17. The molecule has 84 valence electrons. The molecule has 0 bridgehead atoms. The molecule has 0 unspecified atom stereocenters. The molecule has 1 saturated heterocycles. The van der Waals surface area contributed by atoms with Crippen LogP contribution in [0.1, 0.15) is 33.1 Å². The van der Waals surface area contributed by atoms with Gasteiger partial charge in [-0.2, -0.15) is 11.8 Å². The van der Waals surface area contributed by atoms with Gasteiger partial charge in [0.15, 0.2) is 0 Å². The summed E-state index contributed by atoms with van der Waals surface area (Å²) in [6, 6.07) is 0. The summed E-state index contributed by atoms with van der Waals surface area (Å²) in [5.41, 5.74) is -0.449. The molecule has 0 aromatic rings. The topological polar surface area (TPSA) is 23.5 Å². The molecular weight excluding hydrogens is 194 g/mol. The molecule has 1 rings (SSSR count). The normalized spacial score (nSPS) is 20.8. The van der Waals surface area contributed by atoms with Crippen LogP contribution in [0.25, 0.3) is 0 Å². The molecule has 0 amide bonds. The van der Waals surface area contributed by atoms with E-state index in [1.807, 2.05) is 11.8 Å². The quantitative estimate of drug-likeness (QED) is 0.779. The molecule has 1 aliphatic heterocycles. The maximum absolute atomic E-state index is 10.2. The van der Waals surface area contributed by atoms with Gasteiger partial charge < -0.3 is 5.11 Å². The van der Waals surface area contributed by atoms with Crippen LogP contribution < -0.4 is 0 Å². The van der Waals surface area contributed by atoms with Crippen LogP contribution in [0.3, 0.4) is 0 Å². The molecule has 0 atom stereocenters. The van der Waals surface area contributed by atoms with E-state index < -0.39 is 5.60 Å². The Morgan fingerprint density at radius 3 is 2.57 bits per heavy atom. The Morgan fingerprint density at radius 1 is 1.21 bits per heavy atom. The number of hydrogen-bond donors (Lipinski definition) is 1. The first-order chi connectivity index (χ1) is 6.70. The van der Waals surface area contributed by atoms with Gasteiger partial charge in [-0.15, -0.1) is 0 Å². The first-order valence-corrected chi connectivity index (χ1v) is 6.88. The lowest BCUT2D eigenvalue weighted by molar-refractivity contribution is -0.00144. The van der Waals surface area contributed by atoms with E-state index in [1.54, 1.807) is 0 Å². The Kier molecular flexibility index (Phi) is 5.28. The molecule has 14 heavy (non-hydrogen) atoms. The minimum atomic E-state index is -0.449. The van der Waals surface area contributed by atoms with Gasteiger partial charge in [0, 0.05) is 18.8 Å². The molecule has 2 nitrogen and oxygen atoms in total. The Hall–Kier alpha value is 0.270. The van der Waals surface area contributed by atoms with Gasteiger partial charge in [-0.3, -0.25) is 4.90 Å². The standard InChI is InChI=1S/C11H23NOS/c1-3-11(13,4-2)10-12-6-5-8-14-9-7-12/h13H,3-10H2,1-2H3. The lowest BCUT2D eigenvalue weighted by Gasteiger charge is -2.32. The van der Waals surface area contributed by atoms with Crippen LogP contribution in [-0.4, -0.2) is 46.7 Å². The van der Waals surface area contributed by atoms with Crippen molar-refractivity contribution >= 4 is 11.8 Å². The third kappa shape index (κ3) is 3.79. The second kappa shape index (κ2) is 5.99. The van der Waals surface area contributed by atoms with Crippen LogP contribution in [0.5, 0.6) is 0 Å². The van der Waals surface area contributed by atoms with Crippen molar-refractivity contribution in [1.29, 1.82) is 0 Å². The summed E-state index contributed by atoms with van der Waals surface area (Å²) in [4.78, 5) is 2.42. The summed E-state index contributed by atoms with van der Waals surface area (Å²) < 4.78 is 0. The Labute approximate surface area is 92.1 Å². The molecular formula is C11H23NOS. The van der Waals surface area contributed by atoms with Gasteiger partial charge in [-0.25, -0.2) is 0 Å². The van der Waals surface area contributed by atoms with E-state index in [4.69, 9.17) is 0 Å². The number of thioether (sulfide) groups is 1.